The zero-order chi connectivity index (χ0) is 17.8. The fourth-order valence-corrected chi connectivity index (χ4v) is 2.95. The van der Waals surface area contributed by atoms with Crippen molar-refractivity contribution < 1.29 is 13.6 Å². The first-order valence-corrected chi connectivity index (χ1v) is 8.13. The van der Waals surface area contributed by atoms with E-state index in [1.807, 2.05) is 9.80 Å². The quantitative estimate of drug-likeness (QED) is 0.920. The molecule has 7 heteroatoms. The van der Waals surface area contributed by atoms with Gasteiger partial charge in [-0.15, -0.1) is 0 Å². The van der Waals surface area contributed by atoms with Gasteiger partial charge in [0.1, 0.15) is 23.1 Å². The van der Waals surface area contributed by atoms with E-state index in [-0.39, 0.29) is 17.8 Å². The molecule has 1 amide bonds. The second kappa shape index (κ2) is 7.57. The highest BCUT2D eigenvalue weighted by molar-refractivity contribution is 5.90. The number of aromatic nitrogens is 1. The van der Waals surface area contributed by atoms with E-state index >= 15 is 0 Å². The highest BCUT2D eigenvalue weighted by Gasteiger charge is 2.19. The standard InChI is InChI=1S/C18H19F2N4O/c19-14-4-1-5-15(20)13(14)12-23-8-3-9-24(11-10-23)17-7-2-6-16(22-17)18(21)25/h1-2,4-5,7H,3,8-12H2,(H2,21,25). The third kappa shape index (κ3) is 4.11. The van der Waals surface area contributed by atoms with Gasteiger partial charge < -0.3 is 10.6 Å². The largest absolute Gasteiger partial charge is 0.364 e. The number of carbonyl (C=O) groups excluding carboxylic acids is 1. The van der Waals surface area contributed by atoms with Crippen molar-refractivity contribution in [3.05, 3.63) is 59.3 Å². The summed E-state index contributed by atoms with van der Waals surface area (Å²) in [6, 6.07) is 10.0. The molecule has 1 saturated heterocycles. The van der Waals surface area contributed by atoms with Gasteiger partial charge in [-0.1, -0.05) is 6.07 Å². The van der Waals surface area contributed by atoms with Crippen molar-refractivity contribution in [2.24, 2.45) is 5.73 Å². The van der Waals surface area contributed by atoms with Gasteiger partial charge in [0.2, 0.25) is 0 Å². The maximum atomic E-state index is 13.8. The number of hydrogen-bond donors (Lipinski definition) is 1. The fraction of sp³-hybridized carbons (Fsp3) is 0.333. The second-order valence-corrected chi connectivity index (χ2v) is 5.98. The van der Waals surface area contributed by atoms with E-state index in [1.54, 1.807) is 12.1 Å². The summed E-state index contributed by atoms with van der Waals surface area (Å²) < 4.78 is 27.7. The average Bonchev–Trinajstić information content (AvgIpc) is 2.84. The van der Waals surface area contributed by atoms with Crippen LogP contribution in [0.5, 0.6) is 0 Å². The van der Waals surface area contributed by atoms with Crippen LogP contribution in [0.1, 0.15) is 22.5 Å². The molecule has 2 aromatic rings. The summed E-state index contributed by atoms with van der Waals surface area (Å²) in [5.74, 6) is -1.00. The maximum Gasteiger partial charge on any atom is 0.268 e. The topological polar surface area (TPSA) is 62.5 Å². The van der Waals surface area contributed by atoms with Gasteiger partial charge in [0, 0.05) is 44.4 Å². The molecule has 1 aromatic carbocycles. The summed E-state index contributed by atoms with van der Waals surface area (Å²) in [7, 11) is 0. The Bertz CT molecular complexity index is 748. The third-order valence-electron chi connectivity index (χ3n) is 4.27. The van der Waals surface area contributed by atoms with Gasteiger partial charge in [0.15, 0.2) is 0 Å². The van der Waals surface area contributed by atoms with Crippen molar-refractivity contribution in [2.75, 3.05) is 31.1 Å². The predicted molar refractivity (Wildman–Crippen MR) is 90.1 cm³/mol. The number of carbonyl (C=O) groups is 1. The summed E-state index contributed by atoms with van der Waals surface area (Å²) >= 11 is 0. The Balaban J connectivity index is 1.68. The van der Waals surface area contributed by atoms with Crippen molar-refractivity contribution in [3.63, 3.8) is 0 Å². The van der Waals surface area contributed by atoms with Crippen LogP contribution < -0.4 is 10.6 Å². The van der Waals surface area contributed by atoms with Crippen LogP contribution in [0.3, 0.4) is 0 Å². The average molecular weight is 345 g/mol. The van der Waals surface area contributed by atoms with Gasteiger partial charge in [-0.2, -0.15) is 0 Å². The minimum absolute atomic E-state index is 0.0967. The number of nitrogens with zero attached hydrogens (tertiary/aromatic N) is 3. The molecule has 0 bridgehead atoms. The molecule has 1 aromatic heterocycles. The van der Waals surface area contributed by atoms with Crippen molar-refractivity contribution in [3.8, 4) is 0 Å². The Morgan fingerprint density at radius 1 is 1.16 bits per heavy atom. The molecule has 3 rings (SSSR count). The van der Waals surface area contributed by atoms with E-state index in [0.717, 1.165) is 19.5 Å². The molecule has 1 fully saturated rings. The van der Waals surface area contributed by atoms with E-state index in [0.29, 0.717) is 18.9 Å². The first kappa shape index (κ1) is 17.3. The Morgan fingerprint density at radius 3 is 2.64 bits per heavy atom. The van der Waals surface area contributed by atoms with E-state index in [9.17, 15) is 13.6 Å². The van der Waals surface area contributed by atoms with Crippen molar-refractivity contribution in [1.29, 1.82) is 0 Å². The Morgan fingerprint density at radius 2 is 1.92 bits per heavy atom. The lowest BCUT2D eigenvalue weighted by atomic mass is 10.2. The zero-order valence-corrected chi connectivity index (χ0v) is 13.7. The van der Waals surface area contributed by atoms with E-state index in [1.165, 1.54) is 18.2 Å². The van der Waals surface area contributed by atoms with E-state index < -0.39 is 17.5 Å². The lowest BCUT2D eigenvalue weighted by Crippen LogP contribution is -2.31. The van der Waals surface area contributed by atoms with Crippen molar-refractivity contribution in [2.45, 2.75) is 13.0 Å². The summed E-state index contributed by atoms with van der Waals surface area (Å²) in [6.45, 7) is 2.98. The fourth-order valence-electron chi connectivity index (χ4n) is 2.95. The van der Waals surface area contributed by atoms with Gasteiger partial charge in [0.05, 0.1) is 0 Å². The molecule has 25 heavy (non-hydrogen) atoms. The minimum Gasteiger partial charge on any atom is -0.364 e. The molecule has 1 aliphatic rings. The number of anilines is 1. The number of benzene rings is 1. The Kier molecular flexibility index (Phi) is 5.23. The normalized spacial score (nSPS) is 15.8. The number of amides is 1. The molecule has 1 aliphatic heterocycles. The molecule has 2 heterocycles. The molecular weight excluding hydrogens is 326 g/mol. The summed E-state index contributed by atoms with van der Waals surface area (Å²) in [5.41, 5.74) is 5.45. The summed E-state index contributed by atoms with van der Waals surface area (Å²) in [5, 5.41) is 0. The number of pyridine rings is 1. The van der Waals surface area contributed by atoms with Crippen molar-refractivity contribution in [1.82, 2.24) is 9.88 Å². The van der Waals surface area contributed by atoms with Crippen LogP contribution in [0.4, 0.5) is 14.6 Å². The minimum atomic E-state index is -0.617. The summed E-state index contributed by atoms with van der Waals surface area (Å²) in [6.07, 6.45) is 0.822. The molecule has 0 aliphatic carbocycles. The number of hydrogen-bond acceptors (Lipinski definition) is 4. The van der Waals surface area contributed by atoms with Crippen LogP contribution in [-0.4, -0.2) is 42.0 Å². The molecular formula is C18H19F2N4O. The molecule has 5 nitrogen and oxygen atoms in total. The van der Waals surface area contributed by atoms with Gasteiger partial charge in [-0.05, 0) is 30.7 Å². The van der Waals surface area contributed by atoms with Crippen LogP contribution >= 0.6 is 0 Å². The lowest BCUT2D eigenvalue weighted by Gasteiger charge is -2.23. The van der Waals surface area contributed by atoms with Gasteiger partial charge >= 0.3 is 0 Å². The van der Waals surface area contributed by atoms with Crippen LogP contribution in [0.15, 0.2) is 30.3 Å². The molecule has 0 spiro atoms. The zero-order valence-electron chi connectivity index (χ0n) is 13.7. The predicted octanol–water partition coefficient (Wildman–Crippen LogP) is 1.97. The van der Waals surface area contributed by atoms with E-state index in [4.69, 9.17) is 5.73 Å². The van der Waals surface area contributed by atoms with Gasteiger partial charge in [0.25, 0.3) is 5.91 Å². The molecule has 0 saturated carbocycles. The third-order valence-corrected chi connectivity index (χ3v) is 4.27. The highest BCUT2D eigenvalue weighted by atomic mass is 19.1. The van der Waals surface area contributed by atoms with Crippen LogP contribution in [0.25, 0.3) is 0 Å². The SMILES string of the molecule is NC(=O)c1[c]ccc(N2CCCN(Cc3c(F)cccc3F)CC2)n1. The smallest absolute Gasteiger partial charge is 0.268 e. The number of rotatable bonds is 4. The van der Waals surface area contributed by atoms with E-state index in [2.05, 4.69) is 11.1 Å². The molecule has 131 valence electrons. The number of halogens is 2. The first-order valence-electron chi connectivity index (χ1n) is 8.13. The maximum absolute atomic E-state index is 13.8. The summed E-state index contributed by atoms with van der Waals surface area (Å²) in [4.78, 5) is 19.5. The van der Waals surface area contributed by atoms with Crippen LogP contribution in [0, 0.1) is 17.7 Å². The molecule has 0 atom stereocenters. The first-order chi connectivity index (χ1) is 12.0. The monoisotopic (exact) mass is 345 g/mol. The Labute approximate surface area is 145 Å². The van der Waals surface area contributed by atoms with Crippen LogP contribution in [-0.2, 0) is 6.54 Å². The van der Waals surface area contributed by atoms with Gasteiger partial charge in [-0.25, -0.2) is 13.8 Å². The molecule has 2 N–H and O–H groups in total. The highest BCUT2D eigenvalue weighted by Crippen LogP contribution is 2.18. The molecule has 0 unspecified atom stereocenters. The second-order valence-electron chi connectivity index (χ2n) is 5.98. The van der Waals surface area contributed by atoms with Crippen LogP contribution in [0.2, 0.25) is 0 Å². The van der Waals surface area contributed by atoms with Gasteiger partial charge in [-0.3, -0.25) is 9.69 Å². The lowest BCUT2D eigenvalue weighted by molar-refractivity contribution is 0.0995. The van der Waals surface area contributed by atoms with Crippen molar-refractivity contribution >= 4 is 11.7 Å². The number of primary amides is 1. The molecule has 1 radical (unpaired) electrons. The number of nitrogens with two attached hydrogens (primary N) is 1. The Hall–Kier alpha value is -2.54.